The van der Waals surface area contributed by atoms with Crippen molar-refractivity contribution in [3.63, 3.8) is 0 Å². The van der Waals surface area contributed by atoms with Gasteiger partial charge in [0.1, 0.15) is 0 Å². The lowest BCUT2D eigenvalue weighted by atomic mass is 9.95. The van der Waals surface area contributed by atoms with Crippen molar-refractivity contribution >= 4 is 5.69 Å². The average Bonchev–Trinajstić information content (AvgIpc) is 2.66. The van der Waals surface area contributed by atoms with E-state index in [1.165, 1.54) is 19.3 Å². The van der Waals surface area contributed by atoms with Gasteiger partial charge < -0.3 is 10.1 Å². The first-order valence-electron chi connectivity index (χ1n) is 7.08. The normalized spacial score (nSPS) is 23.4. The second-order valence-corrected chi connectivity index (χ2v) is 5.21. The molecule has 0 aliphatic heterocycles. The highest BCUT2D eigenvalue weighted by Gasteiger charge is 2.23. The summed E-state index contributed by atoms with van der Waals surface area (Å²) in [7, 11) is 1.71. The number of nitrogens with one attached hydrogen (secondary N) is 1. The van der Waals surface area contributed by atoms with E-state index in [2.05, 4.69) is 23.5 Å². The average molecular weight is 258 g/mol. The van der Waals surface area contributed by atoms with Crippen LogP contribution in [0, 0.1) is 17.2 Å². The molecule has 0 bridgehead atoms. The summed E-state index contributed by atoms with van der Waals surface area (Å²) in [6.07, 6.45) is 5.73. The van der Waals surface area contributed by atoms with Crippen LogP contribution in [0.5, 0.6) is 0 Å². The monoisotopic (exact) mass is 258 g/mol. The minimum absolute atomic E-state index is 0.123. The predicted molar refractivity (Wildman–Crippen MR) is 76.8 cm³/mol. The number of anilines is 1. The van der Waals surface area contributed by atoms with Gasteiger partial charge in [0, 0.05) is 24.4 Å². The summed E-state index contributed by atoms with van der Waals surface area (Å²) in [5.41, 5.74) is 2.27. The highest BCUT2D eigenvalue weighted by atomic mass is 16.5. The van der Waals surface area contributed by atoms with Gasteiger partial charge in [0.2, 0.25) is 0 Å². The fraction of sp³-hybridized carbons (Fsp3) is 0.562. The second-order valence-electron chi connectivity index (χ2n) is 5.21. The number of methoxy groups -OCH3 is 1. The van der Waals surface area contributed by atoms with E-state index in [0.717, 1.165) is 24.1 Å². The standard InChI is InChI=1S/C16H22N2O/c1-19-12-14-8-5-6-10-16(14)18-15-9-4-2-3-7-13(15)11-17/h5-6,8,10,13,15,18H,2-4,7,9,12H2,1H3. The van der Waals surface area contributed by atoms with E-state index in [0.29, 0.717) is 6.61 Å². The molecule has 0 radical (unpaired) electrons. The second kappa shape index (κ2) is 7.16. The van der Waals surface area contributed by atoms with E-state index in [9.17, 15) is 5.26 Å². The van der Waals surface area contributed by atoms with Crippen molar-refractivity contribution in [2.24, 2.45) is 5.92 Å². The third-order valence-corrected chi connectivity index (χ3v) is 3.84. The van der Waals surface area contributed by atoms with Crippen molar-refractivity contribution in [2.45, 2.75) is 44.8 Å². The van der Waals surface area contributed by atoms with Gasteiger partial charge in [-0.1, -0.05) is 37.5 Å². The summed E-state index contributed by atoms with van der Waals surface area (Å²) >= 11 is 0. The molecule has 102 valence electrons. The Hall–Kier alpha value is -1.53. The number of hydrogen-bond donors (Lipinski definition) is 1. The molecule has 0 heterocycles. The van der Waals surface area contributed by atoms with Crippen molar-refractivity contribution in [1.82, 2.24) is 0 Å². The van der Waals surface area contributed by atoms with E-state index in [4.69, 9.17) is 4.74 Å². The largest absolute Gasteiger partial charge is 0.381 e. The zero-order chi connectivity index (χ0) is 13.5. The molecule has 1 aliphatic carbocycles. The molecule has 0 aromatic heterocycles. The molecule has 0 spiro atoms. The Morgan fingerprint density at radius 1 is 1.26 bits per heavy atom. The Morgan fingerprint density at radius 2 is 2.05 bits per heavy atom. The quantitative estimate of drug-likeness (QED) is 0.837. The lowest BCUT2D eigenvalue weighted by molar-refractivity contribution is 0.185. The molecule has 2 atom stereocenters. The summed E-state index contributed by atoms with van der Waals surface area (Å²) in [6.45, 7) is 0.604. The molecule has 2 unspecified atom stereocenters. The number of para-hydroxylation sites is 1. The molecule has 1 N–H and O–H groups in total. The zero-order valence-electron chi connectivity index (χ0n) is 11.6. The number of nitriles is 1. The molecular weight excluding hydrogens is 236 g/mol. The van der Waals surface area contributed by atoms with Crippen molar-refractivity contribution in [3.05, 3.63) is 29.8 Å². The third kappa shape index (κ3) is 3.71. The van der Waals surface area contributed by atoms with E-state index in [1.54, 1.807) is 7.11 Å². The lowest BCUT2D eigenvalue weighted by Gasteiger charge is -2.23. The van der Waals surface area contributed by atoms with Crippen LogP contribution in [-0.2, 0) is 11.3 Å². The van der Waals surface area contributed by atoms with Crippen LogP contribution < -0.4 is 5.32 Å². The molecule has 3 nitrogen and oxygen atoms in total. The van der Waals surface area contributed by atoms with Gasteiger partial charge in [0.15, 0.2) is 0 Å². The van der Waals surface area contributed by atoms with Crippen LogP contribution in [-0.4, -0.2) is 13.2 Å². The third-order valence-electron chi connectivity index (χ3n) is 3.84. The van der Waals surface area contributed by atoms with Crippen LogP contribution in [0.15, 0.2) is 24.3 Å². The van der Waals surface area contributed by atoms with Gasteiger partial charge in [-0.25, -0.2) is 0 Å². The van der Waals surface area contributed by atoms with E-state index in [1.807, 2.05) is 12.1 Å². The van der Waals surface area contributed by atoms with Gasteiger partial charge >= 0.3 is 0 Å². The topological polar surface area (TPSA) is 45.0 Å². The Kier molecular flexibility index (Phi) is 5.23. The van der Waals surface area contributed by atoms with Crippen molar-refractivity contribution in [1.29, 1.82) is 5.26 Å². The summed E-state index contributed by atoms with van der Waals surface area (Å²) in [5.74, 6) is 0.123. The number of nitrogens with zero attached hydrogens (tertiary/aromatic N) is 1. The lowest BCUT2D eigenvalue weighted by Crippen LogP contribution is -2.27. The van der Waals surface area contributed by atoms with Gasteiger partial charge in [0.25, 0.3) is 0 Å². The van der Waals surface area contributed by atoms with Crippen molar-refractivity contribution in [2.75, 3.05) is 12.4 Å². The Balaban J connectivity index is 2.12. The fourth-order valence-corrected chi connectivity index (χ4v) is 2.78. The molecular formula is C16H22N2O. The molecule has 0 amide bonds. The minimum Gasteiger partial charge on any atom is -0.381 e. The Morgan fingerprint density at radius 3 is 2.84 bits per heavy atom. The Bertz CT molecular complexity index is 439. The van der Waals surface area contributed by atoms with Gasteiger partial charge in [-0.05, 0) is 18.9 Å². The molecule has 1 aromatic carbocycles. The molecule has 1 fully saturated rings. The van der Waals surface area contributed by atoms with E-state index < -0.39 is 0 Å². The molecule has 3 heteroatoms. The van der Waals surface area contributed by atoms with Crippen LogP contribution in [0.4, 0.5) is 5.69 Å². The SMILES string of the molecule is COCc1ccccc1NC1CCCCCC1C#N. The smallest absolute Gasteiger partial charge is 0.0733 e. The van der Waals surface area contributed by atoms with E-state index in [-0.39, 0.29) is 12.0 Å². The van der Waals surface area contributed by atoms with Crippen LogP contribution in [0.1, 0.15) is 37.7 Å². The summed E-state index contributed by atoms with van der Waals surface area (Å²) in [5, 5.41) is 12.9. The first-order valence-corrected chi connectivity index (χ1v) is 7.08. The van der Waals surface area contributed by atoms with Gasteiger partial charge in [-0.2, -0.15) is 5.26 Å². The van der Waals surface area contributed by atoms with Gasteiger partial charge in [-0.3, -0.25) is 0 Å². The van der Waals surface area contributed by atoms with Crippen molar-refractivity contribution < 1.29 is 4.74 Å². The minimum atomic E-state index is 0.123. The molecule has 19 heavy (non-hydrogen) atoms. The van der Waals surface area contributed by atoms with Gasteiger partial charge in [0.05, 0.1) is 18.6 Å². The van der Waals surface area contributed by atoms with Crippen molar-refractivity contribution in [3.8, 4) is 6.07 Å². The summed E-state index contributed by atoms with van der Waals surface area (Å²) < 4.78 is 5.23. The first-order chi connectivity index (χ1) is 9.35. The maximum absolute atomic E-state index is 9.32. The predicted octanol–water partition coefficient (Wildman–Crippen LogP) is 3.72. The number of hydrogen-bond acceptors (Lipinski definition) is 3. The fourth-order valence-electron chi connectivity index (χ4n) is 2.78. The van der Waals surface area contributed by atoms with Crippen LogP contribution >= 0.6 is 0 Å². The zero-order valence-corrected chi connectivity index (χ0v) is 11.6. The van der Waals surface area contributed by atoms with E-state index >= 15 is 0 Å². The summed E-state index contributed by atoms with van der Waals surface area (Å²) in [6, 6.07) is 10.9. The van der Waals surface area contributed by atoms with Crippen LogP contribution in [0.3, 0.4) is 0 Å². The molecule has 1 saturated carbocycles. The molecule has 1 aromatic rings. The number of benzene rings is 1. The number of rotatable bonds is 4. The first kappa shape index (κ1) is 13.9. The molecule has 1 aliphatic rings. The molecule has 2 rings (SSSR count). The van der Waals surface area contributed by atoms with Gasteiger partial charge in [-0.15, -0.1) is 0 Å². The highest BCUT2D eigenvalue weighted by molar-refractivity contribution is 5.51. The maximum atomic E-state index is 9.32. The Labute approximate surface area is 115 Å². The van der Waals surface area contributed by atoms with Crippen LogP contribution in [0.2, 0.25) is 0 Å². The maximum Gasteiger partial charge on any atom is 0.0733 e. The molecule has 0 saturated heterocycles. The summed E-state index contributed by atoms with van der Waals surface area (Å²) in [4.78, 5) is 0. The number of ether oxygens (including phenoxy) is 1. The highest BCUT2D eigenvalue weighted by Crippen LogP contribution is 2.27. The van der Waals surface area contributed by atoms with Crippen LogP contribution in [0.25, 0.3) is 0 Å².